The van der Waals surface area contributed by atoms with Crippen molar-refractivity contribution in [3.8, 4) is 5.75 Å². The lowest BCUT2D eigenvalue weighted by Crippen LogP contribution is -1.67. The van der Waals surface area contributed by atoms with Crippen LogP contribution in [0.15, 0.2) is 30.8 Å². The van der Waals surface area contributed by atoms with E-state index in [1.54, 1.807) is 18.2 Å². The summed E-state index contributed by atoms with van der Waals surface area (Å²) in [6, 6.07) is 6.89. The Kier molecular flexibility index (Phi) is 3.22. The summed E-state index contributed by atoms with van der Waals surface area (Å²) >= 11 is 0. The molecule has 1 aromatic rings. The van der Waals surface area contributed by atoms with E-state index >= 15 is 0 Å². The average molecular weight is 137 g/mol. The van der Waals surface area contributed by atoms with Crippen molar-refractivity contribution in [2.45, 2.75) is 0 Å². The summed E-state index contributed by atoms with van der Waals surface area (Å²) in [5.74, 6) is 0.292. The van der Waals surface area contributed by atoms with Gasteiger partial charge in [0.05, 0.1) is 0 Å². The Labute approximate surface area is 60.4 Å². The maximum Gasteiger partial charge on any atom is 0.115 e. The zero-order valence-electron chi connectivity index (χ0n) is 5.75. The molecule has 0 aliphatic rings. The lowest BCUT2D eigenvalue weighted by Gasteiger charge is -1.90. The summed E-state index contributed by atoms with van der Waals surface area (Å²) in [5, 5.41) is 8.82. The Bertz CT molecular complexity index is 203. The highest BCUT2D eigenvalue weighted by Crippen LogP contribution is 2.09. The second kappa shape index (κ2) is 3.69. The molecule has 0 saturated carbocycles. The molecule has 0 spiro atoms. The van der Waals surface area contributed by atoms with Crippen LogP contribution in [0.25, 0.3) is 6.08 Å². The number of hydrogen-bond donors (Lipinski definition) is 2. The molecule has 0 bridgehead atoms. The van der Waals surface area contributed by atoms with Crippen molar-refractivity contribution >= 4 is 6.08 Å². The largest absolute Gasteiger partial charge is 0.508 e. The molecule has 2 nitrogen and oxygen atoms in total. The van der Waals surface area contributed by atoms with Crippen LogP contribution in [0, 0.1) is 0 Å². The van der Waals surface area contributed by atoms with E-state index in [-0.39, 0.29) is 6.15 Å². The highest BCUT2D eigenvalue weighted by molar-refractivity contribution is 5.47. The van der Waals surface area contributed by atoms with Gasteiger partial charge in [-0.25, -0.2) is 0 Å². The van der Waals surface area contributed by atoms with Gasteiger partial charge < -0.3 is 11.3 Å². The fourth-order valence-corrected chi connectivity index (χ4v) is 0.610. The molecule has 1 rings (SSSR count). The van der Waals surface area contributed by atoms with E-state index in [1.165, 1.54) is 0 Å². The first-order valence-corrected chi connectivity index (χ1v) is 2.74. The Balaban J connectivity index is 0.000000810. The molecule has 0 amide bonds. The SMILES string of the molecule is C=Cc1ccc(O)cc1.N. The number of aromatic hydroxyl groups is 1. The molecule has 0 heterocycles. The number of benzene rings is 1. The first kappa shape index (κ1) is 8.72. The lowest BCUT2D eigenvalue weighted by atomic mass is 10.2. The number of phenolic OH excluding ortho intramolecular Hbond substituents is 1. The Morgan fingerprint density at radius 3 is 2.10 bits per heavy atom. The molecule has 0 atom stereocenters. The van der Waals surface area contributed by atoms with Crippen LogP contribution in [0.5, 0.6) is 5.75 Å². The Morgan fingerprint density at radius 1 is 1.20 bits per heavy atom. The van der Waals surface area contributed by atoms with Crippen molar-refractivity contribution in [3.63, 3.8) is 0 Å². The number of hydrogen-bond acceptors (Lipinski definition) is 2. The summed E-state index contributed by atoms with van der Waals surface area (Å²) < 4.78 is 0. The third-order valence-corrected chi connectivity index (χ3v) is 1.13. The second-order valence-corrected chi connectivity index (χ2v) is 1.80. The standard InChI is InChI=1S/C8H8O.H3N/c1-2-7-3-5-8(9)6-4-7;/h2-6,9H,1H2;1H3. The highest BCUT2D eigenvalue weighted by Gasteiger charge is 1.84. The molecule has 2 heteroatoms. The molecule has 0 fully saturated rings. The zero-order valence-corrected chi connectivity index (χ0v) is 5.75. The van der Waals surface area contributed by atoms with Crippen molar-refractivity contribution in [1.29, 1.82) is 0 Å². The topological polar surface area (TPSA) is 55.2 Å². The third-order valence-electron chi connectivity index (χ3n) is 1.13. The predicted octanol–water partition coefficient (Wildman–Crippen LogP) is 2.20. The van der Waals surface area contributed by atoms with Crippen LogP contribution in [-0.4, -0.2) is 5.11 Å². The molecule has 1 aromatic carbocycles. The maximum absolute atomic E-state index is 8.82. The van der Waals surface area contributed by atoms with Gasteiger partial charge >= 0.3 is 0 Å². The number of rotatable bonds is 1. The average Bonchev–Trinajstić information content (AvgIpc) is 1.90. The molecule has 0 aliphatic carbocycles. The van der Waals surface area contributed by atoms with Gasteiger partial charge in [0, 0.05) is 0 Å². The zero-order chi connectivity index (χ0) is 6.69. The van der Waals surface area contributed by atoms with Crippen LogP contribution in [0.2, 0.25) is 0 Å². The fraction of sp³-hybridized carbons (Fsp3) is 0. The fourth-order valence-electron chi connectivity index (χ4n) is 0.610. The predicted molar refractivity (Wildman–Crippen MR) is 43.2 cm³/mol. The minimum atomic E-state index is 0. The molecular formula is C8H11NO. The quantitative estimate of drug-likeness (QED) is 0.623. The molecule has 0 saturated heterocycles. The van der Waals surface area contributed by atoms with Crippen molar-refractivity contribution < 1.29 is 5.11 Å². The Morgan fingerprint density at radius 2 is 1.70 bits per heavy atom. The van der Waals surface area contributed by atoms with Crippen LogP contribution in [0.1, 0.15) is 5.56 Å². The van der Waals surface area contributed by atoms with Crippen molar-refractivity contribution in [2.24, 2.45) is 0 Å². The summed E-state index contributed by atoms with van der Waals surface area (Å²) in [6.45, 7) is 3.58. The summed E-state index contributed by atoms with van der Waals surface area (Å²) in [7, 11) is 0. The van der Waals surface area contributed by atoms with Crippen molar-refractivity contribution in [2.75, 3.05) is 0 Å². The summed E-state index contributed by atoms with van der Waals surface area (Å²) in [6.07, 6.45) is 1.74. The van der Waals surface area contributed by atoms with E-state index in [1.807, 2.05) is 12.1 Å². The molecule has 4 N–H and O–H groups in total. The molecule has 0 radical (unpaired) electrons. The van der Waals surface area contributed by atoms with Crippen LogP contribution in [-0.2, 0) is 0 Å². The molecular weight excluding hydrogens is 126 g/mol. The van der Waals surface area contributed by atoms with E-state index in [0.717, 1.165) is 5.56 Å². The van der Waals surface area contributed by atoms with Crippen LogP contribution in [0.4, 0.5) is 0 Å². The molecule has 54 valence electrons. The van der Waals surface area contributed by atoms with E-state index in [4.69, 9.17) is 5.11 Å². The summed E-state index contributed by atoms with van der Waals surface area (Å²) in [5.41, 5.74) is 1.02. The summed E-state index contributed by atoms with van der Waals surface area (Å²) in [4.78, 5) is 0. The smallest absolute Gasteiger partial charge is 0.115 e. The van der Waals surface area contributed by atoms with Gasteiger partial charge in [0.1, 0.15) is 5.75 Å². The molecule has 0 aromatic heterocycles. The van der Waals surface area contributed by atoms with Gasteiger partial charge in [-0.1, -0.05) is 24.8 Å². The molecule has 10 heavy (non-hydrogen) atoms. The van der Waals surface area contributed by atoms with E-state index in [0.29, 0.717) is 5.75 Å². The third kappa shape index (κ3) is 1.91. The van der Waals surface area contributed by atoms with Crippen molar-refractivity contribution in [3.05, 3.63) is 36.4 Å². The minimum Gasteiger partial charge on any atom is -0.508 e. The molecule has 0 aliphatic heterocycles. The second-order valence-electron chi connectivity index (χ2n) is 1.80. The van der Waals surface area contributed by atoms with Crippen LogP contribution >= 0.6 is 0 Å². The van der Waals surface area contributed by atoms with Gasteiger partial charge in [0.2, 0.25) is 0 Å². The van der Waals surface area contributed by atoms with Crippen molar-refractivity contribution in [1.82, 2.24) is 6.15 Å². The first-order chi connectivity index (χ1) is 4.33. The lowest BCUT2D eigenvalue weighted by molar-refractivity contribution is 0.475. The van der Waals surface area contributed by atoms with E-state index in [9.17, 15) is 0 Å². The Hall–Kier alpha value is -1.28. The maximum atomic E-state index is 8.82. The van der Waals surface area contributed by atoms with Gasteiger partial charge in [0.15, 0.2) is 0 Å². The monoisotopic (exact) mass is 137 g/mol. The first-order valence-electron chi connectivity index (χ1n) is 2.74. The minimum absolute atomic E-state index is 0. The van der Waals surface area contributed by atoms with Gasteiger partial charge in [-0.05, 0) is 17.7 Å². The van der Waals surface area contributed by atoms with Gasteiger partial charge in [-0.2, -0.15) is 0 Å². The normalized spacial score (nSPS) is 8.00. The van der Waals surface area contributed by atoms with Crippen LogP contribution < -0.4 is 6.15 Å². The molecule has 0 unspecified atom stereocenters. The van der Waals surface area contributed by atoms with E-state index < -0.39 is 0 Å². The van der Waals surface area contributed by atoms with Gasteiger partial charge in [-0.15, -0.1) is 0 Å². The van der Waals surface area contributed by atoms with Gasteiger partial charge in [-0.3, -0.25) is 0 Å². The van der Waals surface area contributed by atoms with Gasteiger partial charge in [0.25, 0.3) is 0 Å². The van der Waals surface area contributed by atoms with Crippen LogP contribution in [0.3, 0.4) is 0 Å². The highest BCUT2D eigenvalue weighted by atomic mass is 16.3. The van der Waals surface area contributed by atoms with E-state index in [2.05, 4.69) is 6.58 Å². The number of phenols is 1.